The number of aryl methyl sites for hydroxylation is 1. The highest BCUT2D eigenvalue weighted by Gasteiger charge is 2.12. The summed E-state index contributed by atoms with van der Waals surface area (Å²) in [5.74, 6) is 0.740. The molecule has 0 bridgehead atoms. The van der Waals surface area contributed by atoms with Crippen LogP contribution in [0.1, 0.15) is 23.6 Å². The van der Waals surface area contributed by atoms with E-state index in [9.17, 15) is 0 Å². The molecule has 0 amide bonds. The Kier molecular flexibility index (Phi) is 5.92. The topological polar surface area (TPSA) is 25.8 Å². The van der Waals surface area contributed by atoms with Gasteiger partial charge in [-0.05, 0) is 26.0 Å². The van der Waals surface area contributed by atoms with Crippen LogP contribution in [-0.2, 0) is 13.1 Å². The molecule has 2 rings (SSSR count). The zero-order valence-corrected chi connectivity index (χ0v) is 13.8. The quantitative estimate of drug-likeness (QED) is 0.854. The Bertz CT molecular complexity index is 596. The molecule has 4 heteroatoms. The molecule has 0 radical (unpaired) electrons. The highest BCUT2D eigenvalue weighted by atomic mass is 35.5. The Balaban J connectivity index is 2.03. The summed E-state index contributed by atoms with van der Waals surface area (Å²) in [5.41, 5.74) is 3.60. The monoisotopic (exact) mass is 324 g/mol. The van der Waals surface area contributed by atoms with E-state index in [0.717, 1.165) is 24.4 Å². The minimum absolute atomic E-state index is 0.572. The van der Waals surface area contributed by atoms with E-state index >= 15 is 0 Å². The molecule has 0 spiro atoms. The van der Waals surface area contributed by atoms with E-state index in [2.05, 4.69) is 36.5 Å². The maximum atomic E-state index is 6.20. The van der Waals surface area contributed by atoms with Crippen LogP contribution in [0.15, 0.2) is 36.4 Å². The lowest BCUT2D eigenvalue weighted by molar-refractivity contribution is -0.686. The Morgan fingerprint density at radius 3 is 2.43 bits per heavy atom. The number of rotatable bonds is 6. The molecule has 0 unspecified atom stereocenters. The molecule has 0 atom stereocenters. The summed E-state index contributed by atoms with van der Waals surface area (Å²) in [7, 11) is 0. The van der Waals surface area contributed by atoms with Crippen molar-refractivity contribution in [1.29, 1.82) is 0 Å². The Morgan fingerprint density at radius 2 is 1.76 bits per heavy atom. The van der Waals surface area contributed by atoms with Crippen LogP contribution in [0.5, 0.6) is 5.75 Å². The van der Waals surface area contributed by atoms with E-state index in [1.165, 1.54) is 11.1 Å². The normalized spacial score (nSPS) is 10.7. The molecule has 0 heterocycles. The number of quaternary nitrogens is 1. The molecule has 21 heavy (non-hydrogen) atoms. The first-order valence-electron chi connectivity index (χ1n) is 7.08. The molecular formula is C17H20Cl2NO+. The molecule has 2 nitrogen and oxygen atoms in total. The van der Waals surface area contributed by atoms with Gasteiger partial charge in [0, 0.05) is 10.6 Å². The minimum Gasteiger partial charge on any atom is -0.492 e. The van der Waals surface area contributed by atoms with Crippen molar-refractivity contribution in [1.82, 2.24) is 0 Å². The molecule has 0 saturated heterocycles. The van der Waals surface area contributed by atoms with Gasteiger partial charge in [0.05, 0.1) is 17.2 Å². The van der Waals surface area contributed by atoms with E-state index in [-0.39, 0.29) is 0 Å². The van der Waals surface area contributed by atoms with Gasteiger partial charge in [-0.3, -0.25) is 0 Å². The van der Waals surface area contributed by atoms with Crippen molar-refractivity contribution in [3.63, 3.8) is 0 Å². The van der Waals surface area contributed by atoms with Crippen LogP contribution in [0.4, 0.5) is 0 Å². The van der Waals surface area contributed by atoms with Crippen LogP contribution in [0.3, 0.4) is 0 Å². The maximum absolute atomic E-state index is 6.20. The van der Waals surface area contributed by atoms with Gasteiger partial charge in [0.2, 0.25) is 0 Å². The van der Waals surface area contributed by atoms with Crippen molar-refractivity contribution < 1.29 is 10.1 Å². The van der Waals surface area contributed by atoms with Crippen LogP contribution >= 0.6 is 23.2 Å². The number of ether oxygens (including phenoxy) is 1. The summed E-state index contributed by atoms with van der Waals surface area (Å²) >= 11 is 12.3. The van der Waals surface area contributed by atoms with Crippen molar-refractivity contribution >= 4 is 23.2 Å². The van der Waals surface area contributed by atoms with Crippen molar-refractivity contribution in [2.24, 2.45) is 0 Å². The van der Waals surface area contributed by atoms with E-state index < -0.39 is 0 Å². The molecule has 0 saturated carbocycles. The van der Waals surface area contributed by atoms with Crippen molar-refractivity contribution in [3.8, 4) is 5.75 Å². The first kappa shape index (κ1) is 16.2. The highest BCUT2D eigenvalue weighted by molar-refractivity contribution is 6.35. The van der Waals surface area contributed by atoms with Gasteiger partial charge in [0.15, 0.2) is 0 Å². The van der Waals surface area contributed by atoms with Gasteiger partial charge in [-0.15, -0.1) is 0 Å². The Labute approximate surface area is 136 Å². The number of nitrogens with two attached hydrogens (primary N) is 1. The molecular weight excluding hydrogens is 305 g/mol. The summed E-state index contributed by atoms with van der Waals surface area (Å²) in [6, 6.07) is 12.2. The van der Waals surface area contributed by atoms with Gasteiger partial charge in [0.25, 0.3) is 0 Å². The molecule has 0 fully saturated rings. The fourth-order valence-corrected chi connectivity index (χ4v) is 2.78. The molecule has 2 N–H and O–H groups in total. The third kappa shape index (κ3) is 4.63. The average Bonchev–Trinajstić information content (AvgIpc) is 2.44. The fraction of sp³-hybridized carbons (Fsp3) is 0.294. The SMILES string of the molecule is CCOc1c(Cl)cc(Cl)cc1C[NH2+]Cc1ccc(C)cc1. The zero-order valence-electron chi connectivity index (χ0n) is 12.3. The summed E-state index contributed by atoms with van der Waals surface area (Å²) in [4.78, 5) is 0. The van der Waals surface area contributed by atoms with Gasteiger partial charge in [-0.25, -0.2) is 0 Å². The molecule has 0 aromatic heterocycles. The van der Waals surface area contributed by atoms with Gasteiger partial charge in [-0.2, -0.15) is 0 Å². The first-order chi connectivity index (χ1) is 10.1. The van der Waals surface area contributed by atoms with Gasteiger partial charge < -0.3 is 10.1 Å². The Hall–Kier alpha value is -1.22. The largest absolute Gasteiger partial charge is 0.492 e. The predicted molar refractivity (Wildman–Crippen MR) is 88.1 cm³/mol. The van der Waals surface area contributed by atoms with Crippen molar-refractivity contribution in [2.45, 2.75) is 26.9 Å². The van der Waals surface area contributed by atoms with Crippen LogP contribution < -0.4 is 10.1 Å². The fourth-order valence-electron chi connectivity index (χ4n) is 2.19. The lowest BCUT2D eigenvalue weighted by Gasteiger charge is -2.12. The summed E-state index contributed by atoms with van der Waals surface area (Å²) in [5, 5.41) is 3.43. The second-order valence-corrected chi connectivity index (χ2v) is 5.84. The highest BCUT2D eigenvalue weighted by Crippen LogP contribution is 2.32. The number of hydrogen-bond donors (Lipinski definition) is 1. The smallest absolute Gasteiger partial charge is 0.146 e. The number of halogens is 2. The minimum atomic E-state index is 0.572. The van der Waals surface area contributed by atoms with E-state index in [0.29, 0.717) is 16.7 Å². The molecule has 0 aliphatic carbocycles. The molecule has 2 aromatic carbocycles. The van der Waals surface area contributed by atoms with Crippen LogP contribution in [-0.4, -0.2) is 6.61 Å². The number of benzene rings is 2. The van der Waals surface area contributed by atoms with Crippen molar-refractivity contribution in [3.05, 3.63) is 63.1 Å². The third-order valence-corrected chi connectivity index (χ3v) is 3.74. The third-order valence-electron chi connectivity index (χ3n) is 3.24. The first-order valence-corrected chi connectivity index (χ1v) is 7.83. The van der Waals surface area contributed by atoms with Crippen LogP contribution in [0, 0.1) is 6.92 Å². The molecule has 0 aliphatic heterocycles. The van der Waals surface area contributed by atoms with Gasteiger partial charge in [0.1, 0.15) is 18.8 Å². The maximum Gasteiger partial charge on any atom is 0.146 e. The summed E-state index contributed by atoms with van der Waals surface area (Å²) in [6.45, 7) is 6.33. The lowest BCUT2D eigenvalue weighted by atomic mass is 10.1. The van der Waals surface area contributed by atoms with Crippen molar-refractivity contribution in [2.75, 3.05) is 6.61 Å². The van der Waals surface area contributed by atoms with Gasteiger partial charge in [-0.1, -0.05) is 53.0 Å². The van der Waals surface area contributed by atoms with E-state index in [4.69, 9.17) is 27.9 Å². The average molecular weight is 325 g/mol. The Morgan fingerprint density at radius 1 is 1.05 bits per heavy atom. The number of hydrogen-bond acceptors (Lipinski definition) is 1. The molecule has 112 valence electrons. The predicted octanol–water partition coefficient (Wildman–Crippen LogP) is 3.96. The molecule has 2 aromatic rings. The van der Waals surface area contributed by atoms with Crippen LogP contribution in [0.25, 0.3) is 0 Å². The zero-order chi connectivity index (χ0) is 15.2. The second-order valence-electron chi connectivity index (χ2n) is 4.99. The summed E-state index contributed by atoms with van der Waals surface area (Å²) in [6.07, 6.45) is 0. The molecule has 0 aliphatic rings. The second kappa shape index (κ2) is 7.69. The lowest BCUT2D eigenvalue weighted by Crippen LogP contribution is -2.80. The van der Waals surface area contributed by atoms with E-state index in [1.807, 2.05) is 13.0 Å². The van der Waals surface area contributed by atoms with E-state index in [1.54, 1.807) is 6.07 Å². The van der Waals surface area contributed by atoms with Crippen LogP contribution in [0.2, 0.25) is 10.0 Å². The van der Waals surface area contributed by atoms with Gasteiger partial charge >= 0.3 is 0 Å². The standard InChI is InChI=1S/C17H19Cl2NO/c1-3-21-17-14(8-15(18)9-16(17)19)11-20-10-13-6-4-12(2)5-7-13/h4-9,20H,3,10-11H2,1-2H3/p+1. The summed E-state index contributed by atoms with van der Waals surface area (Å²) < 4.78 is 5.63.